The number of hydrogen-bond donors (Lipinski definition) is 1. The third-order valence-electron chi connectivity index (χ3n) is 3.26. The fourth-order valence-corrected chi connectivity index (χ4v) is 1.92. The van der Waals surface area contributed by atoms with Gasteiger partial charge in [-0.1, -0.05) is 11.8 Å². The zero-order chi connectivity index (χ0) is 13.3. The molecule has 2 rings (SSSR count). The third-order valence-corrected chi connectivity index (χ3v) is 3.26. The second-order valence-electron chi connectivity index (χ2n) is 5.44. The number of likely N-dealkylation sites (N-methyl/N-ethyl adjacent to an activating group) is 1. The Morgan fingerprint density at radius 1 is 1.33 bits per heavy atom. The van der Waals surface area contributed by atoms with Crippen molar-refractivity contribution in [3.63, 3.8) is 0 Å². The monoisotopic (exact) mass is 250 g/mol. The number of nitrogens with two attached hydrogens (primary N) is 1. The SMILES string of the molecule is C=C(c1cn(C(C)(C)N)nn1)N1CCN(C)CC1. The van der Waals surface area contributed by atoms with Gasteiger partial charge in [0.2, 0.25) is 0 Å². The summed E-state index contributed by atoms with van der Waals surface area (Å²) in [6, 6.07) is 0. The lowest BCUT2D eigenvalue weighted by Gasteiger charge is -2.34. The molecule has 0 amide bonds. The van der Waals surface area contributed by atoms with Gasteiger partial charge in [-0.2, -0.15) is 0 Å². The summed E-state index contributed by atoms with van der Waals surface area (Å²) in [6.07, 6.45) is 1.86. The van der Waals surface area contributed by atoms with Crippen LogP contribution in [0.25, 0.3) is 5.70 Å². The van der Waals surface area contributed by atoms with E-state index in [1.54, 1.807) is 4.68 Å². The van der Waals surface area contributed by atoms with Crippen LogP contribution in [0, 0.1) is 0 Å². The summed E-state index contributed by atoms with van der Waals surface area (Å²) in [5, 5.41) is 8.22. The van der Waals surface area contributed by atoms with E-state index >= 15 is 0 Å². The highest BCUT2D eigenvalue weighted by Crippen LogP contribution is 2.17. The third kappa shape index (κ3) is 2.70. The predicted molar refractivity (Wildman–Crippen MR) is 71.6 cm³/mol. The van der Waals surface area contributed by atoms with E-state index in [9.17, 15) is 0 Å². The minimum absolute atomic E-state index is 0.534. The van der Waals surface area contributed by atoms with Crippen LogP contribution >= 0.6 is 0 Å². The number of aromatic nitrogens is 3. The lowest BCUT2D eigenvalue weighted by molar-refractivity contribution is 0.207. The number of nitrogens with zero attached hydrogens (tertiary/aromatic N) is 5. The highest BCUT2D eigenvalue weighted by Gasteiger charge is 2.20. The predicted octanol–water partition coefficient (Wildman–Crippen LogP) is 0.148. The van der Waals surface area contributed by atoms with E-state index in [0.717, 1.165) is 37.6 Å². The van der Waals surface area contributed by atoms with Gasteiger partial charge in [-0.05, 0) is 20.9 Å². The molecule has 0 saturated carbocycles. The maximum absolute atomic E-state index is 5.98. The van der Waals surface area contributed by atoms with E-state index in [-0.39, 0.29) is 0 Å². The second-order valence-corrected chi connectivity index (χ2v) is 5.44. The first-order chi connectivity index (χ1) is 8.38. The molecule has 0 atom stereocenters. The molecule has 1 fully saturated rings. The van der Waals surface area contributed by atoms with Gasteiger partial charge in [0.05, 0.1) is 11.9 Å². The largest absolute Gasteiger partial charge is 0.368 e. The van der Waals surface area contributed by atoms with Crippen molar-refractivity contribution in [2.45, 2.75) is 19.5 Å². The summed E-state index contributed by atoms with van der Waals surface area (Å²) in [6.45, 7) is 12.0. The van der Waals surface area contributed by atoms with E-state index in [2.05, 4.69) is 33.7 Å². The first kappa shape index (κ1) is 13.0. The average Bonchev–Trinajstić information content (AvgIpc) is 2.78. The summed E-state index contributed by atoms with van der Waals surface area (Å²) >= 11 is 0. The van der Waals surface area contributed by atoms with E-state index < -0.39 is 5.66 Å². The Morgan fingerprint density at radius 3 is 2.44 bits per heavy atom. The first-order valence-electron chi connectivity index (χ1n) is 6.22. The topological polar surface area (TPSA) is 63.2 Å². The van der Waals surface area contributed by atoms with Crippen molar-refractivity contribution in [1.29, 1.82) is 0 Å². The van der Waals surface area contributed by atoms with Crippen LogP contribution in [0.2, 0.25) is 0 Å². The van der Waals surface area contributed by atoms with Gasteiger partial charge in [0.25, 0.3) is 0 Å². The standard InChI is InChI=1S/C12H22N6/c1-10(17-7-5-16(4)6-8-17)11-9-18(15-14-11)12(2,3)13/h9H,1,5-8,13H2,2-4H3. The van der Waals surface area contributed by atoms with Gasteiger partial charge in [-0.3, -0.25) is 0 Å². The van der Waals surface area contributed by atoms with Crippen molar-refractivity contribution < 1.29 is 0 Å². The highest BCUT2D eigenvalue weighted by molar-refractivity contribution is 5.57. The Kier molecular flexibility index (Phi) is 3.41. The van der Waals surface area contributed by atoms with Crippen LogP contribution < -0.4 is 5.73 Å². The Hall–Kier alpha value is -1.40. The second kappa shape index (κ2) is 4.70. The molecule has 2 heterocycles. The normalized spacial score (nSPS) is 18.1. The molecule has 0 aliphatic carbocycles. The molecular weight excluding hydrogens is 228 g/mol. The van der Waals surface area contributed by atoms with Gasteiger partial charge in [0, 0.05) is 26.2 Å². The maximum atomic E-state index is 5.98. The maximum Gasteiger partial charge on any atom is 0.128 e. The Bertz CT molecular complexity index is 422. The molecule has 0 radical (unpaired) electrons. The molecule has 6 nitrogen and oxygen atoms in total. The van der Waals surface area contributed by atoms with Crippen LogP contribution in [0.15, 0.2) is 12.8 Å². The van der Waals surface area contributed by atoms with Gasteiger partial charge < -0.3 is 15.5 Å². The minimum atomic E-state index is -0.534. The Labute approximate surface area is 108 Å². The van der Waals surface area contributed by atoms with Crippen molar-refractivity contribution in [3.05, 3.63) is 18.5 Å². The molecule has 6 heteroatoms. The summed E-state index contributed by atoms with van der Waals surface area (Å²) in [5.41, 5.74) is 7.18. The first-order valence-corrected chi connectivity index (χ1v) is 6.22. The minimum Gasteiger partial charge on any atom is -0.368 e. The Morgan fingerprint density at radius 2 is 1.94 bits per heavy atom. The smallest absolute Gasteiger partial charge is 0.128 e. The zero-order valence-corrected chi connectivity index (χ0v) is 11.4. The van der Waals surface area contributed by atoms with Gasteiger partial charge in [-0.15, -0.1) is 5.10 Å². The lowest BCUT2D eigenvalue weighted by atomic mass is 10.2. The molecule has 18 heavy (non-hydrogen) atoms. The fourth-order valence-electron chi connectivity index (χ4n) is 1.92. The van der Waals surface area contributed by atoms with Crippen molar-refractivity contribution in [3.8, 4) is 0 Å². The molecular formula is C12H22N6. The average molecular weight is 250 g/mol. The van der Waals surface area contributed by atoms with Crippen molar-refractivity contribution in [1.82, 2.24) is 24.8 Å². The van der Waals surface area contributed by atoms with E-state index in [4.69, 9.17) is 5.73 Å². The van der Waals surface area contributed by atoms with Gasteiger partial charge in [-0.25, -0.2) is 4.68 Å². The van der Waals surface area contributed by atoms with Crippen LogP contribution in [0.4, 0.5) is 0 Å². The van der Waals surface area contributed by atoms with Crippen LogP contribution in [-0.4, -0.2) is 58.0 Å². The van der Waals surface area contributed by atoms with Crippen molar-refractivity contribution in [2.24, 2.45) is 5.73 Å². The van der Waals surface area contributed by atoms with E-state index in [0.29, 0.717) is 0 Å². The fraction of sp³-hybridized carbons (Fsp3) is 0.667. The molecule has 1 saturated heterocycles. The molecule has 0 aromatic carbocycles. The van der Waals surface area contributed by atoms with Gasteiger partial charge in [0.15, 0.2) is 0 Å². The summed E-state index contributed by atoms with van der Waals surface area (Å²) in [4.78, 5) is 4.56. The quantitative estimate of drug-likeness (QED) is 0.827. The molecule has 1 aromatic heterocycles. The highest BCUT2D eigenvalue weighted by atomic mass is 15.5. The molecule has 1 aliphatic rings. The molecule has 1 aliphatic heterocycles. The molecule has 0 bridgehead atoms. The van der Waals surface area contributed by atoms with E-state index in [1.807, 2.05) is 20.0 Å². The molecule has 1 aromatic rings. The van der Waals surface area contributed by atoms with Gasteiger partial charge in [0.1, 0.15) is 11.4 Å². The van der Waals surface area contributed by atoms with Crippen molar-refractivity contribution in [2.75, 3.05) is 33.2 Å². The Balaban J connectivity index is 2.07. The molecule has 2 N–H and O–H groups in total. The number of rotatable bonds is 3. The molecule has 0 spiro atoms. The summed E-state index contributed by atoms with van der Waals surface area (Å²) < 4.78 is 1.67. The number of hydrogen-bond acceptors (Lipinski definition) is 5. The molecule has 100 valence electrons. The van der Waals surface area contributed by atoms with Crippen LogP contribution in [0.3, 0.4) is 0 Å². The summed E-state index contributed by atoms with van der Waals surface area (Å²) in [5.74, 6) is 0. The lowest BCUT2D eigenvalue weighted by Crippen LogP contribution is -2.43. The summed E-state index contributed by atoms with van der Waals surface area (Å²) in [7, 11) is 2.13. The van der Waals surface area contributed by atoms with Gasteiger partial charge >= 0.3 is 0 Å². The van der Waals surface area contributed by atoms with Crippen LogP contribution in [-0.2, 0) is 5.66 Å². The van der Waals surface area contributed by atoms with Crippen LogP contribution in [0.5, 0.6) is 0 Å². The van der Waals surface area contributed by atoms with E-state index in [1.165, 1.54) is 0 Å². The molecule has 0 unspecified atom stereocenters. The number of piperazine rings is 1. The van der Waals surface area contributed by atoms with Crippen LogP contribution in [0.1, 0.15) is 19.5 Å². The van der Waals surface area contributed by atoms with Crippen molar-refractivity contribution >= 4 is 5.70 Å². The zero-order valence-electron chi connectivity index (χ0n) is 11.4.